The Hall–Kier alpha value is -0.120. The van der Waals surface area contributed by atoms with Gasteiger partial charge in [-0.05, 0) is 27.8 Å². The third-order valence-electron chi connectivity index (χ3n) is 1.48. The summed E-state index contributed by atoms with van der Waals surface area (Å²) in [6, 6.07) is 0. The van der Waals surface area contributed by atoms with Crippen LogP contribution in [0.4, 0.5) is 0 Å². The molecule has 0 spiro atoms. The molecule has 76 valence electrons. The molecule has 3 nitrogen and oxygen atoms in total. The van der Waals surface area contributed by atoms with Gasteiger partial charge in [0.1, 0.15) is 0 Å². The van der Waals surface area contributed by atoms with Gasteiger partial charge in [0.15, 0.2) is 0 Å². The molecule has 0 aliphatic heterocycles. The molecule has 0 saturated carbocycles. The summed E-state index contributed by atoms with van der Waals surface area (Å²) in [5.74, 6) is 0. The molecule has 0 fully saturated rings. The molecule has 0 rings (SSSR count). The van der Waals surface area contributed by atoms with Gasteiger partial charge in [-0.2, -0.15) is 5.06 Å². The number of hydrogen-bond acceptors (Lipinski definition) is 3. The van der Waals surface area contributed by atoms with E-state index < -0.39 is 0 Å². The van der Waals surface area contributed by atoms with Gasteiger partial charge in [-0.25, -0.2) is 0 Å². The van der Waals surface area contributed by atoms with Crippen molar-refractivity contribution in [1.29, 1.82) is 0 Å². The lowest BCUT2D eigenvalue weighted by atomic mass is 10.1. The second kappa shape index (κ2) is 7.53. The lowest BCUT2D eigenvalue weighted by molar-refractivity contribution is -0.0813. The van der Waals surface area contributed by atoms with E-state index in [9.17, 15) is 0 Å². The lowest BCUT2D eigenvalue weighted by Crippen LogP contribution is -2.31. The molecule has 0 saturated heterocycles. The Bertz CT molecular complexity index is 85.0. The van der Waals surface area contributed by atoms with Crippen LogP contribution in [0.2, 0.25) is 0 Å². The van der Waals surface area contributed by atoms with Gasteiger partial charge < -0.3 is 10.5 Å². The predicted octanol–water partition coefficient (Wildman–Crippen LogP) is 1.72. The summed E-state index contributed by atoms with van der Waals surface area (Å²) in [6.07, 6.45) is 0. The SMILES string of the molecule is CCN(O)CC.CNC(C)(C)C. The van der Waals surface area contributed by atoms with Crippen molar-refractivity contribution in [2.24, 2.45) is 0 Å². The molecule has 3 heteroatoms. The lowest BCUT2D eigenvalue weighted by Gasteiger charge is -2.15. The van der Waals surface area contributed by atoms with Gasteiger partial charge in [0.05, 0.1) is 0 Å². The summed E-state index contributed by atoms with van der Waals surface area (Å²) in [7, 11) is 1.96. The van der Waals surface area contributed by atoms with Crippen LogP contribution in [-0.2, 0) is 0 Å². The first kappa shape index (κ1) is 14.4. The first-order valence-electron chi connectivity index (χ1n) is 4.50. The molecule has 0 atom stereocenters. The van der Waals surface area contributed by atoms with Crippen LogP contribution < -0.4 is 5.32 Å². The largest absolute Gasteiger partial charge is 0.315 e. The third-order valence-corrected chi connectivity index (χ3v) is 1.48. The van der Waals surface area contributed by atoms with Gasteiger partial charge in [-0.15, -0.1) is 0 Å². The topological polar surface area (TPSA) is 35.5 Å². The fourth-order valence-corrected chi connectivity index (χ4v) is 0.224. The summed E-state index contributed by atoms with van der Waals surface area (Å²) in [5.41, 5.74) is 0.292. The van der Waals surface area contributed by atoms with Crippen molar-refractivity contribution >= 4 is 0 Å². The average Bonchev–Trinajstić information content (AvgIpc) is 2.03. The van der Waals surface area contributed by atoms with E-state index in [-0.39, 0.29) is 0 Å². The molecular weight excluding hydrogens is 152 g/mol. The highest BCUT2D eigenvalue weighted by Gasteiger charge is 2.01. The molecule has 12 heavy (non-hydrogen) atoms. The number of rotatable bonds is 2. The smallest absolute Gasteiger partial charge is 0.0209 e. The van der Waals surface area contributed by atoms with E-state index in [0.717, 1.165) is 13.1 Å². The van der Waals surface area contributed by atoms with Crippen molar-refractivity contribution < 1.29 is 5.21 Å². The van der Waals surface area contributed by atoms with Crippen LogP contribution in [0.3, 0.4) is 0 Å². The number of hydroxylamine groups is 2. The fourth-order valence-electron chi connectivity index (χ4n) is 0.224. The van der Waals surface area contributed by atoms with Gasteiger partial charge >= 0.3 is 0 Å². The van der Waals surface area contributed by atoms with Crippen molar-refractivity contribution in [3.8, 4) is 0 Å². The standard InChI is InChI=1S/C5H13N.C4H11NO/c1-5(2,3)6-4;1-3-5(6)4-2/h6H,1-4H3;6H,3-4H2,1-2H3. The Kier molecular flexibility index (Phi) is 9.03. The van der Waals surface area contributed by atoms with E-state index in [2.05, 4.69) is 26.1 Å². The zero-order chi connectivity index (χ0) is 10.2. The molecule has 0 aromatic heterocycles. The maximum absolute atomic E-state index is 8.50. The Balaban J connectivity index is 0. The maximum Gasteiger partial charge on any atom is 0.0209 e. The highest BCUT2D eigenvalue weighted by atomic mass is 16.5. The summed E-state index contributed by atoms with van der Waals surface area (Å²) in [4.78, 5) is 0. The summed E-state index contributed by atoms with van der Waals surface area (Å²) in [5, 5.41) is 12.9. The highest BCUT2D eigenvalue weighted by molar-refractivity contribution is 4.65. The Morgan fingerprint density at radius 2 is 1.42 bits per heavy atom. The van der Waals surface area contributed by atoms with E-state index in [1.54, 1.807) is 0 Å². The molecule has 0 bridgehead atoms. The van der Waals surface area contributed by atoms with E-state index in [1.165, 1.54) is 5.06 Å². The molecule has 0 amide bonds. The van der Waals surface area contributed by atoms with Gasteiger partial charge in [-0.1, -0.05) is 13.8 Å². The second-order valence-corrected chi connectivity index (χ2v) is 3.64. The molecule has 0 aliphatic rings. The molecule has 0 unspecified atom stereocenters. The second-order valence-electron chi connectivity index (χ2n) is 3.64. The Labute approximate surface area is 76.7 Å². The predicted molar refractivity (Wildman–Crippen MR) is 53.5 cm³/mol. The minimum atomic E-state index is 0.292. The first-order chi connectivity index (χ1) is 5.37. The molecule has 2 N–H and O–H groups in total. The maximum atomic E-state index is 8.50. The van der Waals surface area contributed by atoms with Gasteiger partial charge in [0.25, 0.3) is 0 Å². The molecular formula is C9H24N2O. The Morgan fingerprint density at radius 3 is 1.42 bits per heavy atom. The van der Waals surface area contributed by atoms with Crippen molar-refractivity contribution in [2.45, 2.75) is 40.2 Å². The fraction of sp³-hybridized carbons (Fsp3) is 1.00. The van der Waals surface area contributed by atoms with Crippen molar-refractivity contribution in [1.82, 2.24) is 10.4 Å². The van der Waals surface area contributed by atoms with E-state index in [0.29, 0.717) is 5.54 Å². The van der Waals surface area contributed by atoms with Crippen LogP contribution in [0.1, 0.15) is 34.6 Å². The minimum absolute atomic E-state index is 0.292. The van der Waals surface area contributed by atoms with Crippen LogP contribution in [0.5, 0.6) is 0 Å². The van der Waals surface area contributed by atoms with Gasteiger partial charge in [0, 0.05) is 18.6 Å². The normalized spacial score (nSPS) is 11.0. The summed E-state index contributed by atoms with van der Waals surface area (Å²) < 4.78 is 0. The van der Waals surface area contributed by atoms with Gasteiger partial charge in [-0.3, -0.25) is 0 Å². The van der Waals surface area contributed by atoms with Gasteiger partial charge in [0.2, 0.25) is 0 Å². The number of nitrogens with one attached hydrogen (secondary N) is 1. The van der Waals surface area contributed by atoms with Crippen LogP contribution in [-0.4, -0.2) is 35.9 Å². The molecule has 0 radical (unpaired) electrons. The van der Waals surface area contributed by atoms with E-state index in [1.807, 2.05) is 20.9 Å². The van der Waals surface area contributed by atoms with Crippen molar-refractivity contribution in [3.63, 3.8) is 0 Å². The first-order valence-corrected chi connectivity index (χ1v) is 4.50. The average molecular weight is 176 g/mol. The van der Waals surface area contributed by atoms with E-state index >= 15 is 0 Å². The van der Waals surface area contributed by atoms with Crippen LogP contribution >= 0.6 is 0 Å². The van der Waals surface area contributed by atoms with Crippen molar-refractivity contribution in [2.75, 3.05) is 20.1 Å². The zero-order valence-electron chi connectivity index (χ0n) is 9.31. The summed E-state index contributed by atoms with van der Waals surface area (Å²) >= 11 is 0. The van der Waals surface area contributed by atoms with Crippen molar-refractivity contribution in [3.05, 3.63) is 0 Å². The Morgan fingerprint density at radius 1 is 1.17 bits per heavy atom. The monoisotopic (exact) mass is 176 g/mol. The molecule has 0 aliphatic carbocycles. The number of nitrogens with zero attached hydrogens (tertiary/aromatic N) is 1. The minimum Gasteiger partial charge on any atom is -0.315 e. The highest BCUT2D eigenvalue weighted by Crippen LogP contribution is 1.93. The zero-order valence-corrected chi connectivity index (χ0v) is 9.31. The van der Waals surface area contributed by atoms with E-state index in [4.69, 9.17) is 5.21 Å². The number of hydrogen-bond donors (Lipinski definition) is 2. The molecule has 0 aromatic carbocycles. The molecule has 0 aromatic rings. The van der Waals surface area contributed by atoms with Crippen LogP contribution in [0.15, 0.2) is 0 Å². The quantitative estimate of drug-likeness (QED) is 0.629. The summed E-state index contributed by atoms with van der Waals surface area (Å²) in [6.45, 7) is 11.6. The van der Waals surface area contributed by atoms with Crippen LogP contribution in [0, 0.1) is 0 Å². The molecule has 0 heterocycles. The van der Waals surface area contributed by atoms with Crippen LogP contribution in [0.25, 0.3) is 0 Å². The third kappa shape index (κ3) is 16.5.